The van der Waals surface area contributed by atoms with Crippen LogP contribution in [0.5, 0.6) is 5.75 Å². The zero-order valence-electron chi connectivity index (χ0n) is 9.55. The molecule has 1 aromatic heterocycles. The Kier molecular flexibility index (Phi) is 3.12. The van der Waals surface area contributed by atoms with Gasteiger partial charge in [-0.25, -0.2) is 4.79 Å². The molecule has 1 aromatic rings. The zero-order chi connectivity index (χ0) is 11.5. The second-order valence-electron chi connectivity index (χ2n) is 3.93. The molecule has 0 bridgehead atoms. The monoisotopic (exact) mass is 224 g/mol. The van der Waals surface area contributed by atoms with Gasteiger partial charge in [-0.2, -0.15) is 5.10 Å². The summed E-state index contributed by atoms with van der Waals surface area (Å²) in [6.45, 7) is 2.78. The zero-order valence-corrected chi connectivity index (χ0v) is 9.55. The van der Waals surface area contributed by atoms with Crippen LogP contribution in [0.2, 0.25) is 0 Å². The summed E-state index contributed by atoms with van der Waals surface area (Å²) in [7, 11) is 1.39. The van der Waals surface area contributed by atoms with Crippen LogP contribution in [0.4, 0.5) is 0 Å². The lowest BCUT2D eigenvalue weighted by molar-refractivity contribution is -0.149. The van der Waals surface area contributed by atoms with E-state index in [1.54, 1.807) is 17.1 Å². The normalized spacial score (nSPS) is 16.9. The Labute approximate surface area is 94.3 Å². The van der Waals surface area contributed by atoms with E-state index in [4.69, 9.17) is 9.47 Å². The number of hydrogen-bond acceptors (Lipinski definition) is 4. The minimum Gasteiger partial charge on any atom is -0.475 e. The van der Waals surface area contributed by atoms with Gasteiger partial charge in [0.05, 0.1) is 19.5 Å². The molecule has 0 radical (unpaired) electrons. The van der Waals surface area contributed by atoms with Gasteiger partial charge in [-0.1, -0.05) is 0 Å². The van der Waals surface area contributed by atoms with Gasteiger partial charge in [0.2, 0.25) is 0 Å². The molecule has 0 N–H and O–H groups in total. The third-order valence-electron chi connectivity index (χ3n) is 2.68. The molecule has 5 heteroatoms. The summed E-state index contributed by atoms with van der Waals surface area (Å²) in [6.07, 6.45) is 5.00. The summed E-state index contributed by atoms with van der Waals surface area (Å²) in [4.78, 5) is 11.5. The average molecular weight is 224 g/mol. The van der Waals surface area contributed by atoms with Crippen LogP contribution >= 0.6 is 0 Å². The largest absolute Gasteiger partial charge is 0.475 e. The van der Waals surface area contributed by atoms with E-state index in [0.29, 0.717) is 11.7 Å². The topological polar surface area (TPSA) is 53.4 Å². The molecule has 1 fully saturated rings. The molecule has 1 aliphatic carbocycles. The summed E-state index contributed by atoms with van der Waals surface area (Å²) in [5.41, 5.74) is 0. The van der Waals surface area contributed by atoms with E-state index >= 15 is 0 Å². The minimum absolute atomic E-state index is 0.299. The van der Waals surface area contributed by atoms with Gasteiger partial charge >= 0.3 is 5.97 Å². The smallest absolute Gasteiger partial charge is 0.347 e. The molecule has 1 saturated carbocycles. The van der Waals surface area contributed by atoms with Gasteiger partial charge in [0.25, 0.3) is 0 Å². The molecule has 0 amide bonds. The number of rotatable bonds is 5. The summed E-state index contributed by atoms with van der Waals surface area (Å²) in [5.74, 6) is 0.633. The van der Waals surface area contributed by atoms with E-state index in [1.165, 1.54) is 7.11 Å². The van der Waals surface area contributed by atoms with Crippen molar-refractivity contribution < 1.29 is 14.3 Å². The molecule has 16 heavy (non-hydrogen) atoms. The van der Waals surface area contributed by atoms with Gasteiger partial charge in [-0.05, 0) is 19.8 Å². The Morgan fingerprint density at radius 2 is 2.44 bits per heavy atom. The van der Waals surface area contributed by atoms with Gasteiger partial charge in [-0.3, -0.25) is 4.68 Å². The number of nitrogens with zero attached hydrogens (tertiary/aromatic N) is 2. The Morgan fingerprint density at radius 1 is 1.69 bits per heavy atom. The Morgan fingerprint density at radius 3 is 2.94 bits per heavy atom. The molecule has 1 atom stereocenters. The number of esters is 1. The third kappa shape index (κ3) is 2.35. The minimum atomic E-state index is -0.473. The number of methoxy groups -OCH3 is 1. The lowest BCUT2D eigenvalue weighted by Gasteiger charge is -2.14. The predicted octanol–water partition coefficient (Wildman–Crippen LogP) is 1.23. The summed E-state index contributed by atoms with van der Waals surface area (Å²) in [5, 5.41) is 4.09. The van der Waals surface area contributed by atoms with E-state index in [2.05, 4.69) is 5.10 Å². The van der Waals surface area contributed by atoms with E-state index in [9.17, 15) is 4.79 Å². The first-order valence-electron chi connectivity index (χ1n) is 5.51. The molecule has 0 aliphatic heterocycles. The lowest BCUT2D eigenvalue weighted by atomic mass is 10.2. The standard InChI is InChI=1S/C11H16N2O3/c1-3-13-7-9(6-12-13)16-10(8-4-5-8)11(14)15-2/h6-8,10H,3-5H2,1-2H3. The highest BCUT2D eigenvalue weighted by Crippen LogP contribution is 2.35. The van der Waals surface area contributed by atoms with Crippen LogP contribution in [0, 0.1) is 5.92 Å². The molecule has 1 unspecified atom stereocenters. The van der Waals surface area contributed by atoms with Gasteiger partial charge < -0.3 is 9.47 Å². The van der Waals surface area contributed by atoms with Crippen LogP contribution < -0.4 is 4.74 Å². The van der Waals surface area contributed by atoms with Crippen molar-refractivity contribution >= 4 is 5.97 Å². The van der Waals surface area contributed by atoms with E-state index < -0.39 is 6.10 Å². The number of aromatic nitrogens is 2. The second kappa shape index (κ2) is 4.55. The average Bonchev–Trinajstić information content (AvgIpc) is 3.04. The van der Waals surface area contributed by atoms with Gasteiger partial charge in [0.15, 0.2) is 11.9 Å². The van der Waals surface area contributed by atoms with Crippen LogP contribution in [0.25, 0.3) is 0 Å². The molecule has 5 nitrogen and oxygen atoms in total. The van der Waals surface area contributed by atoms with E-state index in [0.717, 1.165) is 19.4 Å². The Hall–Kier alpha value is -1.52. The molecule has 0 aromatic carbocycles. The molecular formula is C11H16N2O3. The van der Waals surface area contributed by atoms with Crippen molar-refractivity contribution in [1.29, 1.82) is 0 Å². The predicted molar refractivity (Wildman–Crippen MR) is 57.1 cm³/mol. The van der Waals surface area contributed by atoms with Crippen molar-refractivity contribution in [3.63, 3.8) is 0 Å². The fourth-order valence-corrected chi connectivity index (χ4v) is 1.58. The van der Waals surface area contributed by atoms with Crippen LogP contribution in [0.1, 0.15) is 19.8 Å². The number of carbonyl (C=O) groups excluding carboxylic acids is 1. The van der Waals surface area contributed by atoms with E-state index in [1.807, 2.05) is 6.92 Å². The SMILES string of the molecule is CCn1cc(OC(C(=O)OC)C2CC2)cn1. The molecular weight excluding hydrogens is 208 g/mol. The van der Waals surface area contributed by atoms with Crippen LogP contribution in [-0.2, 0) is 16.1 Å². The van der Waals surface area contributed by atoms with Crippen molar-refractivity contribution in [1.82, 2.24) is 9.78 Å². The highest BCUT2D eigenvalue weighted by molar-refractivity contribution is 5.75. The van der Waals surface area contributed by atoms with Crippen molar-refractivity contribution in [2.24, 2.45) is 5.92 Å². The molecule has 2 rings (SSSR count). The van der Waals surface area contributed by atoms with Gasteiger partial charge in [0, 0.05) is 12.5 Å². The molecule has 88 valence electrons. The van der Waals surface area contributed by atoms with Crippen LogP contribution in [0.3, 0.4) is 0 Å². The first-order valence-corrected chi connectivity index (χ1v) is 5.51. The first-order chi connectivity index (χ1) is 7.74. The van der Waals surface area contributed by atoms with Crippen molar-refractivity contribution in [2.45, 2.75) is 32.4 Å². The van der Waals surface area contributed by atoms with Crippen molar-refractivity contribution in [3.05, 3.63) is 12.4 Å². The Bertz CT molecular complexity index is 371. The maximum atomic E-state index is 11.5. The van der Waals surface area contributed by atoms with E-state index in [-0.39, 0.29) is 5.97 Å². The molecule has 1 heterocycles. The number of aryl methyl sites for hydroxylation is 1. The number of ether oxygens (including phenoxy) is 2. The summed E-state index contributed by atoms with van der Waals surface area (Å²) >= 11 is 0. The summed E-state index contributed by atoms with van der Waals surface area (Å²) < 4.78 is 12.1. The molecule has 0 saturated heterocycles. The molecule has 1 aliphatic rings. The highest BCUT2D eigenvalue weighted by atomic mass is 16.6. The summed E-state index contributed by atoms with van der Waals surface area (Å²) in [6, 6.07) is 0. The number of hydrogen-bond donors (Lipinski definition) is 0. The Balaban J connectivity index is 2.02. The second-order valence-corrected chi connectivity index (χ2v) is 3.93. The van der Waals surface area contributed by atoms with Crippen LogP contribution in [-0.4, -0.2) is 29.0 Å². The van der Waals surface area contributed by atoms with Gasteiger partial charge in [0.1, 0.15) is 0 Å². The highest BCUT2D eigenvalue weighted by Gasteiger charge is 2.39. The number of carbonyl (C=O) groups is 1. The quantitative estimate of drug-likeness (QED) is 0.706. The lowest BCUT2D eigenvalue weighted by Crippen LogP contribution is -2.30. The van der Waals surface area contributed by atoms with Crippen molar-refractivity contribution in [3.8, 4) is 5.75 Å². The molecule has 0 spiro atoms. The maximum Gasteiger partial charge on any atom is 0.347 e. The fourth-order valence-electron chi connectivity index (χ4n) is 1.58. The van der Waals surface area contributed by atoms with Crippen molar-refractivity contribution in [2.75, 3.05) is 7.11 Å². The van der Waals surface area contributed by atoms with Crippen LogP contribution in [0.15, 0.2) is 12.4 Å². The first kappa shape index (κ1) is 11.0. The fraction of sp³-hybridized carbons (Fsp3) is 0.636. The third-order valence-corrected chi connectivity index (χ3v) is 2.68. The maximum absolute atomic E-state index is 11.5. The van der Waals surface area contributed by atoms with Gasteiger partial charge in [-0.15, -0.1) is 0 Å².